The minimum atomic E-state index is -0.346. The first-order valence-electron chi connectivity index (χ1n) is 10.9. The average Bonchev–Trinajstić information content (AvgIpc) is 3.04. The molecule has 1 aliphatic rings. The Hall–Kier alpha value is -3.32. The molecular formula is C25H30N2O5. The average molecular weight is 439 g/mol. The highest BCUT2D eigenvalue weighted by Crippen LogP contribution is 2.32. The number of rotatable bonds is 12. The predicted octanol–water partition coefficient (Wildman–Crippen LogP) is 4.10. The summed E-state index contributed by atoms with van der Waals surface area (Å²) in [5.41, 5.74) is 1.97. The molecule has 0 bridgehead atoms. The molecule has 0 atom stereocenters. The van der Waals surface area contributed by atoms with Gasteiger partial charge in [0.2, 0.25) is 0 Å². The highest BCUT2D eigenvalue weighted by molar-refractivity contribution is 6.36. The van der Waals surface area contributed by atoms with Crippen LogP contribution in [0.3, 0.4) is 0 Å². The lowest BCUT2D eigenvalue weighted by molar-refractivity contribution is -0.136. The summed E-state index contributed by atoms with van der Waals surface area (Å²) in [6, 6.07) is 14.5. The Morgan fingerprint density at radius 2 is 1.50 bits per heavy atom. The third-order valence-electron chi connectivity index (χ3n) is 4.95. The molecule has 1 N–H and O–H groups in total. The number of benzene rings is 2. The number of ether oxygens (including phenoxy) is 3. The molecule has 0 radical (unpaired) electrons. The summed E-state index contributed by atoms with van der Waals surface area (Å²) in [6.45, 7) is 5.92. The summed E-state index contributed by atoms with van der Waals surface area (Å²) in [4.78, 5) is 27.7. The van der Waals surface area contributed by atoms with Gasteiger partial charge in [-0.3, -0.25) is 14.5 Å². The Labute approximate surface area is 189 Å². The molecule has 1 aliphatic heterocycles. The van der Waals surface area contributed by atoms with Gasteiger partial charge in [0.25, 0.3) is 11.8 Å². The number of hydrogen-bond acceptors (Lipinski definition) is 6. The molecule has 0 fully saturated rings. The van der Waals surface area contributed by atoms with Gasteiger partial charge in [0.1, 0.15) is 17.2 Å². The fraction of sp³-hybridized carbons (Fsp3) is 0.360. The summed E-state index contributed by atoms with van der Waals surface area (Å²) < 4.78 is 16.2. The van der Waals surface area contributed by atoms with Crippen molar-refractivity contribution >= 4 is 23.1 Å². The molecule has 0 spiro atoms. The van der Waals surface area contributed by atoms with Crippen LogP contribution in [0.4, 0.5) is 5.69 Å². The van der Waals surface area contributed by atoms with E-state index in [0.717, 1.165) is 17.9 Å². The third kappa shape index (κ3) is 5.48. The number of nitrogens with one attached hydrogen (secondary N) is 1. The number of anilines is 1. The molecule has 7 nitrogen and oxygen atoms in total. The van der Waals surface area contributed by atoms with Gasteiger partial charge in [0.15, 0.2) is 0 Å². The quantitative estimate of drug-likeness (QED) is 0.397. The van der Waals surface area contributed by atoms with Crippen LogP contribution in [0.1, 0.15) is 32.3 Å². The number of methoxy groups -OCH3 is 1. The van der Waals surface area contributed by atoms with Gasteiger partial charge in [0, 0.05) is 25.9 Å². The number of amides is 2. The van der Waals surface area contributed by atoms with Crippen molar-refractivity contribution in [1.82, 2.24) is 4.90 Å². The molecule has 7 heteroatoms. The Bertz CT molecular complexity index is 951. The first-order valence-corrected chi connectivity index (χ1v) is 10.9. The zero-order valence-electron chi connectivity index (χ0n) is 18.8. The van der Waals surface area contributed by atoms with Crippen LogP contribution in [-0.4, -0.2) is 50.2 Å². The van der Waals surface area contributed by atoms with Crippen molar-refractivity contribution in [2.45, 2.75) is 26.7 Å². The van der Waals surface area contributed by atoms with Crippen LogP contribution >= 0.6 is 0 Å². The minimum absolute atomic E-state index is 0.263. The van der Waals surface area contributed by atoms with Crippen LogP contribution in [0.2, 0.25) is 0 Å². The van der Waals surface area contributed by atoms with Crippen LogP contribution in [0, 0.1) is 0 Å². The zero-order valence-corrected chi connectivity index (χ0v) is 18.8. The lowest BCUT2D eigenvalue weighted by Gasteiger charge is -2.15. The second kappa shape index (κ2) is 11.3. The second-order valence-electron chi connectivity index (χ2n) is 7.31. The fourth-order valence-electron chi connectivity index (χ4n) is 3.41. The fourth-order valence-corrected chi connectivity index (χ4v) is 3.41. The first-order chi connectivity index (χ1) is 15.6. The van der Waals surface area contributed by atoms with Gasteiger partial charge in [-0.15, -0.1) is 0 Å². The number of carbonyl (C=O) groups is 2. The summed E-state index contributed by atoms with van der Waals surface area (Å²) in [5.74, 6) is 0.805. The van der Waals surface area contributed by atoms with Gasteiger partial charge >= 0.3 is 0 Å². The largest absolute Gasteiger partial charge is 0.494 e. The summed E-state index contributed by atoms with van der Waals surface area (Å²) in [5, 5.41) is 3.16. The van der Waals surface area contributed by atoms with Crippen molar-refractivity contribution in [3.05, 3.63) is 59.8 Å². The standard InChI is InChI=1S/C25H30N2O5/c1-4-16-32-21-11-7-18(8-12-21)22-23(25(29)27(24(22)28)15-6-17-30-3)26-19-9-13-20(14-10-19)31-5-2/h7-14,26H,4-6,15-17H2,1-3H3. The van der Waals surface area contributed by atoms with E-state index in [9.17, 15) is 9.59 Å². The molecule has 170 valence electrons. The normalized spacial score (nSPS) is 13.7. The maximum Gasteiger partial charge on any atom is 0.278 e. The smallest absolute Gasteiger partial charge is 0.278 e. The van der Waals surface area contributed by atoms with Gasteiger partial charge in [0.05, 0.1) is 18.8 Å². The lowest BCUT2D eigenvalue weighted by Crippen LogP contribution is -2.33. The number of imide groups is 1. The Kier molecular flexibility index (Phi) is 8.27. The van der Waals surface area contributed by atoms with Crippen molar-refractivity contribution in [3.8, 4) is 11.5 Å². The van der Waals surface area contributed by atoms with Crippen LogP contribution in [-0.2, 0) is 14.3 Å². The van der Waals surface area contributed by atoms with Crippen molar-refractivity contribution < 1.29 is 23.8 Å². The van der Waals surface area contributed by atoms with E-state index in [2.05, 4.69) is 5.32 Å². The van der Waals surface area contributed by atoms with E-state index in [1.165, 1.54) is 4.90 Å². The molecular weight excluding hydrogens is 408 g/mol. The second-order valence-corrected chi connectivity index (χ2v) is 7.31. The van der Waals surface area contributed by atoms with Crippen LogP contribution < -0.4 is 14.8 Å². The van der Waals surface area contributed by atoms with E-state index in [1.54, 1.807) is 7.11 Å². The number of carbonyl (C=O) groups excluding carboxylic acids is 2. The summed E-state index contributed by atoms with van der Waals surface area (Å²) >= 11 is 0. The van der Waals surface area contributed by atoms with Crippen molar-refractivity contribution in [2.75, 3.05) is 38.8 Å². The molecule has 2 aromatic rings. The first kappa shape index (κ1) is 23.3. The van der Waals surface area contributed by atoms with Crippen LogP contribution in [0.25, 0.3) is 5.57 Å². The molecule has 2 amide bonds. The predicted molar refractivity (Wildman–Crippen MR) is 124 cm³/mol. The molecule has 0 aromatic heterocycles. The van der Waals surface area contributed by atoms with Gasteiger partial charge in [-0.2, -0.15) is 0 Å². The zero-order chi connectivity index (χ0) is 22.9. The summed E-state index contributed by atoms with van der Waals surface area (Å²) in [6.07, 6.45) is 1.48. The van der Waals surface area contributed by atoms with E-state index < -0.39 is 0 Å². The van der Waals surface area contributed by atoms with E-state index in [-0.39, 0.29) is 17.5 Å². The third-order valence-corrected chi connectivity index (χ3v) is 4.95. The topological polar surface area (TPSA) is 77.1 Å². The molecule has 1 heterocycles. The maximum atomic E-state index is 13.2. The number of hydrogen-bond donors (Lipinski definition) is 1. The van der Waals surface area contributed by atoms with Crippen molar-refractivity contribution in [2.24, 2.45) is 0 Å². The van der Waals surface area contributed by atoms with E-state index in [1.807, 2.05) is 62.4 Å². The van der Waals surface area contributed by atoms with Gasteiger partial charge in [-0.1, -0.05) is 19.1 Å². The Balaban J connectivity index is 1.91. The molecule has 0 unspecified atom stereocenters. The van der Waals surface area contributed by atoms with Gasteiger partial charge < -0.3 is 19.5 Å². The SMILES string of the molecule is CCCOc1ccc(C2=C(Nc3ccc(OCC)cc3)C(=O)N(CCCOC)C2=O)cc1. The molecule has 2 aromatic carbocycles. The Morgan fingerprint density at radius 1 is 0.844 bits per heavy atom. The molecule has 0 saturated heterocycles. The summed E-state index contributed by atoms with van der Waals surface area (Å²) in [7, 11) is 1.60. The van der Waals surface area contributed by atoms with Crippen molar-refractivity contribution in [3.63, 3.8) is 0 Å². The number of nitrogens with zero attached hydrogens (tertiary/aromatic N) is 1. The van der Waals surface area contributed by atoms with E-state index in [0.29, 0.717) is 49.6 Å². The lowest BCUT2D eigenvalue weighted by atomic mass is 10.0. The van der Waals surface area contributed by atoms with Gasteiger partial charge in [-0.25, -0.2) is 0 Å². The highest BCUT2D eigenvalue weighted by atomic mass is 16.5. The highest BCUT2D eigenvalue weighted by Gasteiger charge is 2.38. The van der Waals surface area contributed by atoms with E-state index >= 15 is 0 Å². The Morgan fingerprint density at radius 3 is 2.12 bits per heavy atom. The molecule has 32 heavy (non-hydrogen) atoms. The van der Waals surface area contributed by atoms with Crippen LogP contribution in [0.15, 0.2) is 54.2 Å². The monoisotopic (exact) mass is 438 g/mol. The molecule has 3 rings (SSSR count). The van der Waals surface area contributed by atoms with E-state index in [4.69, 9.17) is 14.2 Å². The maximum absolute atomic E-state index is 13.2. The molecule has 0 saturated carbocycles. The minimum Gasteiger partial charge on any atom is -0.494 e. The molecule has 0 aliphatic carbocycles. The van der Waals surface area contributed by atoms with Crippen molar-refractivity contribution in [1.29, 1.82) is 0 Å². The van der Waals surface area contributed by atoms with Crippen LogP contribution in [0.5, 0.6) is 11.5 Å². The van der Waals surface area contributed by atoms with Gasteiger partial charge in [-0.05, 0) is 61.7 Å².